The van der Waals surface area contributed by atoms with Crippen molar-refractivity contribution in [1.82, 2.24) is 9.97 Å². The molecule has 0 N–H and O–H groups in total. The van der Waals surface area contributed by atoms with Crippen molar-refractivity contribution in [2.24, 2.45) is 0 Å². The normalized spacial score (nSPS) is 10.2. The molecule has 2 heteroatoms. The van der Waals surface area contributed by atoms with Crippen LogP contribution in [0.2, 0.25) is 0 Å². The Morgan fingerprint density at radius 1 is 0.682 bits per heavy atom. The summed E-state index contributed by atoms with van der Waals surface area (Å²) in [5, 5.41) is 0. The van der Waals surface area contributed by atoms with Crippen molar-refractivity contribution >= 4 is 12.2 Å². The summed E-state index contributed by atoms with van der Waals surface area (Å²) in [6.07, 6.45) is 11.0. The molecule has 0 saturated heterocycles. The molecule has 0 saturated carbocycles. The topological polar surface area (TPSA) is 25.8 Å². The summed E-state index contributed by atoms with van der Waals surface area (Å²) in [4.78, 5) is 8.22. The number of rotatable bonds is 4. The van der Waals surface area contributed by atoms with Crippen molar-refractivity contribution in [3.8, 4) is 22.3 Å². The van der Waals surface area contributed by atoms with E-state index >= 15 is 0 Å². The zero-order valence-electron chi connectivity index (χ0n) is 12.2. The van der Waals surface area contributed by atoms with E-state index in [0.29, 0.717) is 0 Å². The fourth-order valence-electron chi connectivity index (χ4n) is 2.64. The van der Waals surface area contributed by atoms with Gasteiger partial charge in [-0.1, -0.05) is 37.4 Å². The highest BCUT2D eigenvalue weighted by Crippen LogP contribution is 2.37. The van der Waals surface area contributed by atoms with Crippen molar-refractivity contribution < 1.29 is 0 Å². The summed E-state index contributed by atoms with van der Waals surface area (Å²) < 4.78 is 0. The summed E-state index contributed by atoms with van der Waals surface area (Å²) in [6, 6.07) is 12.3. The number of aromatic nitrogens is 2. The van der Waals surface area contributed by atoms with Crippen molar-refractivity contribution in [3.05, 3.63) is 85.5 Å². The first-order valence-electron chi connectivity index (χ1n) is 7.08. The second-order valence-electron chi connectivity index (χ2n) is 4.87. The molecule has 0 aliphatic heterocycles. The van der Waals surface area contributed by atoms with Crippen LogP contribution in [0.3, 0.4) is 0 Å². The smallest absolute Gasteiger partial charge is 0.0273 e. The van der Waals surface area contributed by atoms with Gasteiger partial charge in [-0.25, -0.2) is 0 Å². The Morgan fingerprint density at radius 3 is 1.82 bits per heavy atom. The quantitative estimate of drug-likeness (QED) is 0.666. The number of hydrogen-bond donors (Lipinski definition) is 0. The molecule has 0 fully saturated rings. The van der Waals surface area contributed by atoms with Gasteiger partial charge in [-0.2, -0.15) is 0 Å². The number of nitrogens with zero attached hydrogens (tertiary/aromatic N) is 2. The SMILES string of the molecule is C=Cc1ccc(-c2ccncc2)c(-c2ccncc2)c1C=C. The fourth-order valence-corrected chi connectivity index (χ4v) is 2.64. The Bertz CT molecular complexity index is 806. The minimum atomic E-state index is 1.07. The van der Waals surface area contributed by atoms with E-state index in [1.165, 1.54) is 0 Å². The molecule has 3 rings (SSSR count). The molecule has 1 aromatic carbocycles. The number of hydrogen-bond acceptors (Lipinski definition) is 2. The van der Waals surface area contributed by atoms with E-state index in [2.05, 4.69) is 35.3 Å². The van der Waals surface area contributed by atoms with Gasteiger partial charge in [0.15, 0.2) is 0 Å². The van der Waals surface area contributed by atoms with E-state index in [9.17, 15) is 0 Å². The van der Waals surface area contributed by atoms with Crippen molar-refractivity contribution in [1.29, 1.82) is 0 Å². The van der Waals surface area contributed by atoms with Crippen molar-refractivity contribution in [2.75, 3.05) is 0 Å². The Morgan fingerprint density at radius 2 is 1.27 bits per heavy atom. The van der Waals surface area contributed by atoms with Crippen LogP contribution in [-0.4, -0.2) is 9.97 Å². The van der Waals surface area contributed by atoms with Crippen molar-refractivity contribution in [3.63, 3.8) is 0 Å². The molecule has 0 bridgehead atoms. The predicted octanol–water partition coefficient (Wildman–Crippen LogP) is 5.10. The lowest BCUT2D eigenvalue weighted by Gasteiger charge is -2.16. The zero-order chi connectivity index (χ0) is 15.4. The zero-order valence-corrected chi connectivity index (χ0v) is 12.2. The number of benzene rings is 1. The average molecular weight is 284 g/mol. The van der Waals surface area contributed by atoms with Gasteiger partial charge in [-0.15, -0.1) is 0 Å². The molecule has 0 spiro atoms. The van der Waals surface area contributed by atoms with Gasteiger partial charge in [0.25, 0.3) is 0 Å². The van der Waals surface area contributed by atoms with E-state index in [-0.39, 0.29) is 0 Å². The van der Waals surface area contributed by atoms with Gasteiger partial charge in [-0.3, -0.25) is 9.97 Å². The highest BCUT2D eigenvalue weighted by molar-refractivity contribution is 5.92. The Balaban J connectivity index is 2.36. The Labute approximate surface area is 130 Å². The van der Waals surface area contributed by atoms with Crippen LogP contribution in [0.1, 0.15) is 11.1 Å². The molecule has 0 radical (unpaired) electrons. The molecule has 2 nitrogen and oxygen atoms in total. The Hall–Kier alpha value is -3.00. The highest BCUT2D eigenvalue weighted by Gasteiger charge is 2.13. The third kappa shape index (κ3) is 2.47. The lowest BCUT2D eigenvalue weighted by Crippen LogP contribution is -1.93. The monoisotopic (exact) mass is 284 g/mol. The molecule has 106 valence electrons. The van der Waals surface area contributed by atoms with Crippen molar-refractivity contribution in [2.45, 2.75) is 0 Å². The molecular weight excluding hydrogens is 268 g/mol. The average Bonchev–Trinajstić information content (AvgIpc) is 2.61. The van der Waals surface area contributed by atoms with Gasteiger partial charge in [0.1, 0.15) is 0 Å². The van der Waals surface area contributed by atoms with Crippen LogP contribution >= 0.6 is 0 Å². The summed E-state index contributed by atoms with van der Waals surface area (Å²) >= 11 is 0. The maximum atomic E-state index is 4.12. The standard InChI is InChI=1S/C20H16N2/c1-3-15-5-6-19(16-7-11-21-12-8-16)20(18(15)4-2)17-9-13-22-14-10-17/h3-14H,1-2H2. The highest BCUT2D eigenvalue weighted by atomic mass is 14.6. The van der Waals surface area contributed by atoms with E-state index in [0.717, 1.165) is 33.4 Å². The van der Waals surface area contributed by atoms with E-state index in [1.807, 2.05) is 36.4 Å². The molecule has 2 heterocycles. The lowest BCUT2D eigenvalue weighted by atomic mass is 9.88. The summed E-state index contributed by atoms with van der Waals surface area (Å²) in [7, 11) is 0. The van der Waals surface area contributed by atoms with E-state index < -0.39 is 0 Å². The first-order valence-corrected chi connectivity index (χ1v) is 7.08. The fraction of sp³-hybridized carbons (Fsp3) is 0. The molecule has 0 unspecified atom stereocenters. The summed E-state index contributed by atoms with van der Waals surface area (Å²) in [5.74, 6) is 0. The van der Waals surface area contributed by atoms with Gasteiger partial charge in [0, 0.05) is 24.8 Å². The second-order valence-corrected chi connectivity index (χ2v) is 4.87. The van der Waals surface area contributed by atoms with Gasteiger partial charge in [-0.05, 0) is 57.6 Å². The Kier molecular flexibility index (Phi) is 3.92. The maximum Gasteiger partial charge on any atom is 0.0273 e. The molecule has 0 atom stereocenters. The molecule has 22 heavy (non-hydrogen) atoms. The first-order chi connectivity index (χ1) is 10.8. The van der Waals surface area contributed by atoms with Gasteiger partial charge < -0.3 is 0 Å². The van der Waals surface area contributed by atoms with Crippen LogP contribution in [0.15, 0.2) is 74.3 Å². The molecule has 0 aliphatic rings. The van der Waals surface area contributed by atoms with Crippen LogP contribution in [0.4, 0.5) is 0 Å². The van der Waals surface area contributed by atoms with Crippen LogP contribution in [-0.2, 0) is 0 Å². The third-order valence-electron chi connectivity index (χ3n) is 3.66. The van der Waals surface area contributed by atoms with E-state index in [1.54, 1.807) is 24.8 Å². The predicted molar refractivity (Wildman–Crippen MR) is 93.1 cm³/mol. The molecule has 3 aromatic rings. The number of pyridine rings is 2. The maximum absolute atomic E-state index is 4.12. The summed E-state index contributed by atoms with van der Waals surface area (Å²) in [5.41, 5.74) is 6.67. The second kappa shape index (κ2) is 6.19. The molecule has 2 aromatic heterocycles. The van der Waals surface area contributed by atoms with Gasteiger partial charge in [0.2, 0.25) is 0 Å². The minimum absolute atomic E-state index is 1.07. The molecular formula is C20H16N2. The van der Waals surface area contributed by atoms with Gasteiger partial charge >= 0.3 is 0 Å². The van der Waals surface area contributed by atoms with Crippen LogP contribution in [0.25, 0.3) is 34.4 Å². The van der Waals surface area contributed by atoms with Crippen LogP contribution < -0.4 is 0 Å². The van der Waals surface area contributed by atoms with Crippen LogP contribution in [0, 0.1) is 0 Å². The minimum Gasteiger partial charge on any atom is -0.265 e. The lowest BCUT2D eigenvalue weighted by molar-refractivity contribution is 1.32. The van der Waals surface area contributed by atoms with E-state index in [4.69, 9.17) is 0 Å². The molecule has 0 aliphatic carbocycles. The summed E-state index contributed by atoms with van der Waals surface area (Å²) in [6.45, 7) is 7.89. The molecule has 0 amide bonds. The largest absolute Gasteiger partial charge is 0.265 e. The van der Waals surface area contributed by atoms with Gasteiger partial charge in [0.05, 0.1) is 0 Å². The van der Waals surface area contributed by atoms with Crippen LogP contribution in [0.5, 0.6) is 0 Å². The first kappa shape index (κ1) is 14.0. The third-order valence-corrected chi connectivity index (χ3v) is 3.66.